The molecule has 4 rings (SSSR count). The minimum absolute atomic E-state index is 0.0673. The molecule has 10 heteroatoms. The average Bonchev–Trinajstić information content (AvgIpc) is 3.59. The SMILES string of the molecule is C/C=C1/C(=C/c2[nH]c(/C=c3\[nH]c(=CC4=[NH+]C(=O)C(CC)=C4C)c(C)c3CCC(=O)O)c(CCC(=O)O)c2C)NC(=O)C1C. The molecule has 0 saturated carbocycles. The van der Waals surface area contributed by atoms with E-state index in [-0.39, 0.29) is 43.4 Å². The van der Waals surface area contributed by atoms with Crippen LogP contribution in [0.5, 0.6) is 0 Å². The van der Waals surface area contributed by atoms with Crippen molar-refractivity contribution in [1.29, 1.82) is 0 Å². The standard InChI is InChI=1S/C33H38N4O6/c1-7-20-19(6)32(42)37-27(20)14-25-18(5)23(10-12-31(40)41)29(35-25)15-28-22(9-11-30(38)39)17(4)24(34-28)13-26-16(3)21(8-2)33(43)36-26/h7,13-15,19,34-35H,8-12H2,1-6H3,(H,37,42)(H,38,39)(H,40,41)/p+1/b20-7+,24-13?,27-14-,28-15-. The number of aromatic amines is 2. The zero-order chi connectivity index (χ0) is 31.6. The van der Waals surface area contributed by atoms with Gasteiger partial charge in [0.15, 0.2) is 0 Å². The van der Waals surface area contributed by atoms with Gasteiger partial charge in [0, 0.05) is 52.3 Å². The van der Waals surface area contributed by atoms with E-state index >= 15 is 0 Å². The van der Waals surface area contributed by atoms with Crippen LogP contribution >= 0.6 is 0 Å². The van der Waals surface area contributed by atoms with Gasteiger partial charge in [-0.1, -0.05) is 13.0 Å². The van der Waals surface area contributed by atoms with Gasteiger partial charge in [0.05, 0.1) is 11.5 Å². The quantitative estimate of drug-likeness (QED) is 0.246. The molecule has 2 aliphatic rings. The second-order valence-electron chi connectivity index (χ2n) is 11.0. The summed E-state index contributed by atoms with van der Waals surface area (Å²) < 4.78 is 0. The van der Waals surface area contributed by atoms with Gasteiger partial charge in [0.2, 0.25) is 11.6 Å². The van der Waals surface area contributed by atoms with Gasteiger partial charge in [-0.3, -0.25) is 14.4 Å². The van der Waals surface area contributed by atoms with Gasteiger partial charge in [-0.05, 0) is 93.9 Å². The first kappa shape index (κ1) is 31.2. The molecule has 1 saturated heterocycles. The molecule has 10 nitrogen and oxygen atoms in total. The van der Waals surface area contributed by atoms with Crippen molar-refractivity contribution in [3.63, 3.8) is 0 Å². The average molecular weight is 588 g/mol. The fourth-order valence-electron chi connectivity index (χ4n) is 5.84. The van der Waals surface area contributed by atoms with E-state index in [1.807, 2.05) is 65.8 Å². The topological polar surface area (TPSA) is 166 Å². The van der Waals surface area contributed by atoms with Crippen LogP contribution in [0.4, 0.5) is 0 Å². The summed E-state index contributed by atoms with van der Waals surface area (Å²) >= 11 is 0. The molecule has 1 atom stereocenters. The number of hydrogen-bond donors (Lipinski definition) is 6. The Morgan fingerprint density at radius 2 is 1.53 bits per heavy atom. The third-order valence-corrected chi connectivity index (χ3v) is 8.42. The fourth-order valence-corrected chi connectivity index (χ4v) is 5.84. The predicted octanol–water partition coefficient (Wildman–Crippen LogP) is 1.44. The predicted molar refractivity (Wildman–Crippen MR) is 163 cm³/mol. The van der Waals surface area contributed by atoms with Crippen LogP contribution in [0.25, 0.3) is 18.2 Å². The zero-order valence-corrected chi connectivity index (χ0v) is 25.4. The number of carbonyl (C=O) groups is 4. The van der Waals surface area contributed by atoms with Crippen molar-refractivity contribution in [2.75, 3.05) is 0 Å². The van der Waals surface area contributed by atoms with Crippen molar-refractivity contribution in [3.05, 3.63) is 72.8 Å². The summed E-state index contributed by atoms with van der Waals surface area (Å²) in [7, 11) is 0. The van der Waals surface area contributed by atoms with E-state index in [1.54, 1.807) is 0 Å². The minimum Gasteiger partial charge on any atom is -0.481 e. The minimum atomic E-state index is -0.917. The molecule has 0 aromatic carbocycles. The molecule has 4 heterocycles. The van der Waals surface area contributed by atoms with Crippen LogP contribution in [0, 0.1) is 19.8 Å². The number of aliphatic carboxylic acids is 2. The Balaban J connectivity index is 1.91. The fraction of sp³-hybridized carbons (Fsp3) is 0.364. The molecular formula is C33H39N4O6+. The lowest BCUT2D eigenvalue weighted by molar-refractivity contribution is -0.367. The maximum atomic E-state index is 12.4. The molecule has 0 radical (unpaired) electrons. The van der Waals surface area contributed by atoms with Gasteiger partial charge >= 0.3 is 17.8 Å². The van der Waals surface area contributed by atoms with Crippen LogP contribution in [0.2, 0.25) is 0 Å². The first-order chi connectivity index (χ1) is 20.4. The van der Waals surface area contributed by atoms with Gasteiger partial charge < -0.3 is 25.5 Å². The van der Waals surface area contributed by atoms with E-state index in [0.717, 1.165) is 50.0 Å². The number of H-pyrrole nitrogens is 2. The molecule has 43 heavy (non-hydrogen) atoms. The molecule has 6 N–H and O–H groups in total. The second-order valence-corrected chi connectivity index (χ2v) is 11.0. The molecule has 2 amide bonds. The number of carboxylic acid groups (broad SMARTS) is 2. The molecule has 2 aromatic rings. The first-order valence-corrected chi connectivity index (χ1v) is 14.5. The van der Waals surface area contributed by atoms with E-state index in [2.05, 4.69) is 20.3 Å². The smallest absolute Gasteiger partial charge is 0.414 e. The Morgan fingerprint density at radius 1 is 0.884 bits per heavy atom. The van der Waals surface area contributed by atoms with Crippen molar-refractivity contribution in [3.8, 4) is 0 Å². The summed E-state index contributed by atoms with van der Waals surface area (Å²) in [6.45, 7) is 11.4. The number of rotatable bonds is 10. The Labute approximate surface area is 249 Å². The van der Waals surface area contributed by atoms with E-state index in [1.165, 1.54) is 0 Å². The van der Waals surface area contributed by atoms with Crippen molar-refractivity contribution in [2.24, 2.45) is 5.92 Å². The van der Waals surface area contributed by atoms with Crippen LogP contribution in [-0.2, 0) is 32.0 Å². The van der Waals surface area contributed by atoms with Crippen molar-refractivity contribution >= 4 is 47.7 Å². The third kappa shape index (κ3) is 6.38. The van der Waals surface area contributed by atoms with Crippen LogP contribution in [0.15, 0.2) is 28.5 Å². The summed E-state index contributed by atoms with van der Waals surface area (Å²) in [5.41, 5.74) is 8.70. The molecular weight excluding hydrogens is 548 g/mol. The lowest BCUT2D eigenvalue weighted by Gasteiger charge is -2.03. The largest absolute Gasteiger partial charge is 0.481 e. The van der Waals surface area contributed by atoms with E-state index in [9.17, 15) is 29.4 Å². The van der Waals surface area contributed by atoms with Crippen molar-refractivity contribution in [2.45, 2.75) is 73.6 Å². The van der Waals surface area contributed by atoms with Crippen LogP contribution in [0.1, 0.15) is 80.6 Å². The Kier molecular flexibility index (Phi) is 9.18. The third-order valence-electron chi connectivity index (χ3n) is 8.42. The number of amides is 2. The number of nitrogens with one attached hydrogen (secondary N) is 4. The van der Waals surface area contributed by atoms with Gasteiger partial charge in [-0.15, -0.1) is 0 Å². The first-order valence-electron chi connectivity index (χ1n) is 14.5. The van der Waals surface area contributed by atoms with Crippen LogP contribution in [-0.4, -0.2) is 49.6 Å². The van der Waals surface area contributed by atoms with Crippen LogP contribution in [0.3, 0.4) is 0 Å². The summed E-state index contributed by atoms with van der Waals surface area (Å²) in [5.74, 6) is -2.30. The highest BCUT2D eigenvalue weighted by atomic mass is 16.4. The number of carboxylic acids is 2. The van der Waals surface area contributed by atoms with Gasteiger partial charge in [0.1, 0.15) is 0 Å². The van der Waals surface area contributed by atoms with Crippen molar-refractivity contribution in [1.82, 2.24) is 15.3 Å². The Morgan fingerprint density at radius 3 is 2.12 bits per heavy atom. The molecule has 0 aliphatic carbocycles. The van der Waals surface area contributed by atoms with Gasteiger partial charge in [-0.2, -0.15) is 4.99 Å². The van der Waals surface area contributed by atoms with E-state index in [0.29, 0.717) is 28.9 Å². The molecule has 0 spiro atoms. The monoisotopic (exact) mass is 587 g/mol. The molecule has 2 aromatic heterocycles. The highest BCUT2D eigenvalue weighted by molar-refractivity contribution is 6.23. The summed E-state index contributed by atoms with van der Waals surface area (Å²) in [5, 5.41) is 23.2. The normalized spacial score (nSPS) is 19.8. The number of carbonyl (C=O) groups excluding carboxylic acids is 2. The summed E-state index contributed by atoms with van der Waals surface area (Å²) in [4.78, 5) is 57.6. The number of aromatic nitrogens is 2. The van der Waals surface area contributed by atoms with E-state index in [4.69, 9.17) is 0 Å². The lowest BCUT2D eigenvalue weighted by atomic mass is 10.00. The summed E-state index contributed by atoms with van der Waals surface area (Å²) in [6, 6.07) is 0. The highest BCUT2D eigenvalue weighted by Crippen LogP contribution is 2.29. The maximum Gasteiger partial charge on any atom is 0.414 e. The molecule has 226 valence electrons. The molecule has 1 unspecified atom stereocenters. The van der Waals surface area contributed by atoms with Crippen LogP contribution < -0.4 is 21.0 Å². The molecule has 2 aliphatic heterocycles. The highest BCUT2D eigenvalue weighted by Gasteiger charge is 2.30. The summed E-state index contributed by atoms with van der Waals surface area (Å²) in [6.07, 6.45) is 8.58. The Hall–Kier alpha value is -4.73. The maximum absolute atomic E-state index is 12.4. The molecule has 0 bridgehead atoms. The number of hydrogen-bond acceptors (Lipinski definition) is 4. The van der Waals surface area contributed by atoms with Crippen molar-refractivity contribution < 1.29 is 34.4 Å². The molecule has 1 fully saturated rings. The van der Waals surface area contributed by atoms with Gasteiger partial charge in [0.25, 0.3) is 0 Å². The van der Waals surface area contributed by atoms with E-state index < -0.39 is 11.9 Å². The van der Waals surface area contributed by atoms with Gasteiger partial charge in [-0.25, -0.2) is 4.79 Å². The number of allylic oxidation sites excluding steroid dienone is 3. The Bertz CT molecular complexity index is 1780. The lowest BCUT2D eigenvalue weighted by Crippen LogP contribution is -2.74. The zero-order valence-electron chi connectivity index (χ0n) is 25.4. The second kappa shape index (κ2) is 12.6.